The minimum absolute atomic E-state index is 0.0145. The van der Waals surface area contributed by atoms with E-state index in [9.17, 15) is 19.5 Å². The largest absolute Gasteiger partial charge is 0.507 e. The minimum atomic E-state index is -0.804. The fourth-order valence-corrected chi connectivity index (χ4v) is 3.70. The number of aryl methyl sites for hydroxylation is 2. The van der Waals surface area contributed by atoms with Crippen molar-refractivity contribution in [3.8, 4) is 0 Å². The standard InChI is InChI=1S/C24H25NO6/c1-14-5-6-15(2)18(13-14)21(26)19-20(25(11-12-30-3)23(28)22(19)27)16-7-9-17(10-8-16)24(29)31-4/h5-10,13,20,26H,11-12H2,1-4H3/b21-19+. The van der Waals surface area contributed by atoms with Crippen molar-refractivity contribution in [2.75, 3.05) is 27.4 Å². The zero-order valence-corrected chi connectivity index (χ0v) is 18.0. The van der Waals surface area contributed by atoms with Gasteiger partial charge in [0.2, 0.25) is 0 Å². The first-order chi connectivity index (χ1) is 14.8. The molecule has 1 saturated heterocycles. The average Bonchev–Trinajstić information content (AvgIpc) is 3.03. The van der Waals surface area contributed by atoms with Crippen molar-refractivity contribution in [2.24, 2.45) is 0 Å². The van der Waals surface area contributed by atoms with Gasteiger partial charge < -0.3 is 19.5 Å². The highest BCUT2D eigenvalue weighted by Crippen LogP contribution is 2.39. The molecule has 1 amide bonds. The normalized spacial score (nSPS) is 17.8. The third-order valence-electron chi connectivity index (χ3n) is 5.37. The SMILES string of the molecule is COCCN1C(=O)C(=O)/C(=C(/O)c2cc(C)ccc2C)C1c1ccc(C(=O)OC)cc1. The summed E-state index contributed by atoms with van der Waals surface area (Å²) in [5, 5.41) is 11.1. The number of carbonyl (C=O) groups excluding carboxylic acids is 3. The number of hydrogen-bond donors (Lipinski definition) is 1. The lowest BCUT2D eigenvalue weighted by Crippen LogP contribution is -2.32. The van der Waals surface area contributed by atoms with Crippen LogP contribution >= 0.6 is 0 Å². The van der Waals surface area contributed by atoms with E-state index < -0.39 is 23.7 Å². The lowest BCUT2D eigenvalue weighted by molar-refractivity contribution is -0.140. The number of amides is 1. The zero-order valence-electron chi connectivity index (χ0n) is 18.0. The monoisotopic (exact) mass is 423 g/mol. The second-order valence-corrected chi connectivity index (χ2v) is 7.42. The number of ether oxygens (including phenoxy) is 2. The fourth-order valence-electron chi connectivity index (χ4n) is 3.70. The van der Waals surface area contributed by atoms with Crippen molar-refractivity contribution in [1.29, 1.82) is 0 Å². The molecule has 7 nitrogen and oxygen atoms in total. The van der Waals surface area contributed by atoms with E-state index in [4.69, 9.17) is 9.47 Å². The van der Waals surface area contributed by atoms with E-state index in [1.807, 2.05) is 26.0 Å². The van der Waals surface area contributed by atoms with Crippen molar-refractivity contribution in [3.63, 3.8) is 0 Å². The average molecular weight is 423 g/mol. The quantitative estimate of drug-likeness (QED) is 0.332. The van der Waals surface area contributed by atoms with Crippen molar-refractivity contribution in [2.45, 2.75) is 19.9 Å². The van der Waals surface area contributed by atoms with E-state index >= 15 is 0 Å². The molecular weight excluding hydrogens is 398 g/mol. The first-order valence-electron chi connectivity index (χ1n) is 9.83. The van der Waals surface area contributed by atoms with Gasteiger partial charge in [-0.1, -0.05) is 29.8 Å². The van der Waals surface area contributed by atoms with Gasteiger partial charge in [0.15, 0.2) is 0 Å². The highest BCUT2D eigenvalue weighted by Gasteiger charge is 2.46. The number of hydrogen-bond acceptors (Lipinski definition) is 6. The second kappa shape index (κ2) is 9.14. The molecule has 1 heterocycles. The van der Waals surface area contributed by atoms with E-state index in [0.717, 1.165) is 11.1 Å². The summed E-state index contributed by atoms with van der Waals surface area (Å²) < 4.78 is 9.84. The summed E-state index contributed by atoms with van der Waals surface area (Å²) in [4.78, 5) is 38.9. The summed E-state index contributed by atoms with van der Waals surface area (Å²) in [5.41, 5.74) is 3.15. The van der Waals surface area contributed by atoms with Crippen molar-refractivity contribution < 1.29 is 29.0 Å². The van der Waals surface area contributed by atoms with E-state index in [0.29, 0.717) is 16.7 Å². The Morgan fingerprint density at radius 2 is 1.74 bits per heavy atom. The Hall–Kier alpha value is -3.45. The van der Waals surface area contributed by atoms with E-state index in [2.05, 4.69) is 0 Å². The van der Waals surface area contributed by atoms with Crippen LogP contribution in [0, 0.1) is 13.8 Å². The fraction of sp³-hybridized carbons (Fsp3) is 0.292. The van der Waals surface area contributed by atoms with Crippen LogP contribution in [0.25, 0.3) is 5.76 Å². The second-order valence-electron chi connectivity index (χ2n) is 7.42. The van der Waals surface area contributed by atoms with E-state index in [1.54, 1.807) is 30.3 Å². The highest BCUT2D eigenvalue weighted by molar-refractivity contribution is 6.46. The molecular formula is C24H25NO6. The van der Waals surface area contributed by atoms with Gasteiger partial charge in [-0.3, -0.25) is 9.59 Å². The molecule has 0 bridgehead atoms. The van der Waals surface area contributed by atoms with Crippen LogP contribution in [0.1, 0.15) is 38.7 Å². The molecule has 0 radical (unpaired) electrons. The summed E-state index contributed by atoms with van der Waals surface area (Å²) >= 11 is 0. The number of aliphatic hydroxyl groups excluding tert-OH is 1. The van der Waals surface area contributed by atoms with Crippen molar-refractivity contribution >= 4 is 23.4 Å². The molecule has 162 valence electrons. The summed E-state index contributed by atoms with van der Waals surface area (Å²) in [6, 6.07) is 11.2. The van der Waals surface area contributed by atoms with Crippen LogP contribution in [0.3, 0.4) is 0 Å². The van der Waals surface area contributed by atoms with Crippen LogP contribution in [0.4, 0.5) is 0 Å². The maximum atomic E-state index is 13.0. The first-order valence-corrected chi connectivity index (χ1v) is 9.83. The molecule has 1 fully saturated rings. The first kappa shape index (κ1) is 22.2. The van der Waals surface area contributed by atoms with Crippen LogP contribution < -0.4 is 0 Å². The Morgan fingerprint density at radius 1 is 1.06 bits per heavy atom. The van der Waals surface area contributed by atoms with Gasteiger partial charge in [0.05, 0.1) is 30.9 Å². The van der Waals surface area contributed by atoms with Crippen LogP contribution in [0.5, 0.6) is 0 Å². The number of likely N-dealkylation sites (tertiary alicyclic amines) is 1. The summed E-state index contributed by atoms with van der Waals surface area (Å²) in [5.74, 6) is -2.17. The van der Waals surface area contributed by atoms with Crippen LogP contribution in [0.2, 0.25) is 0 Å². The summed E-state index contributed by atoms with van der Waals surface area (Å²) in [6.45, 7) is 4.12. The van der Waals surface area contributed by atoms with E-state index in [-0.39, 0.29) is 24.5 Å². The summed E-state index contributed by atoms with van der Waals surface area (Å²) in [6.07, 6.45) is 0. The molecule has 2 aromatic rings. The third kappa shape index (κ3) is 4.22. The molecule has 1 aliphatic rings. The number of aliphatic hydroxyl groups is 1. The van der Waals surface area contributed by atoms with Gasteiger partial charge in [0, 0.05) is 19.2 Å². The van der Waals surface area contributed by atoms with Gasteiger partial charge in [0.1, 0.15) is 5.76 Å². The molecule has 1 aliphatic heterocycles. The highest BCUT2D eigenvalue weighted by atomic mass is 16.5. The van der Waals surface area contributed by atoms with Crippen molar-refractivity contribution in [1.82, 2.24) is 4.90 Å². The Morgan fingerprint density at radius 3 is 2.35 bits per heavy atom. The maximum absolute atomic E-state index is 13.0. The molecule has 0 saturated carbocycles. The van der Waals surface area contributed by atoms with Gasteiger partial charge in [0.25, 0.3) is 11.7 Å². The number of ketones is 1. The topological polar surface area (TPSA) is 93.1 Å². The summed E-state index contributed by atoms with van der Waals surface area (Å²) in [7, 11) is 2.80. The van der Waals surface area contributed by atoms with Crippen LogP contribution in [-0.2, 0) is 19.1 Å². The van der Waals surface area contributed by atoms with Gasteiger partial charge in [-0.05, 0) is 43.2 Å². The lowest BCUT2D eigenvalue weighted by Gasteiger charge is -2.25. The van der Waals surface area contributed by atoms with Gasteiger partial charge in [-0.25, -0.2) is 4.79 Å². The lowest BCUT2D eigenvalue weighted by atomic mass is 9.93. The van der Waals surface area contributed by atoms with E-state index in [1.165, 1.54) is 19.1 Å². The Kier molecular flexibility index (Phi) is 6.56. The van der Waals surface area contributed by atoms with Crippen LogP contribution in [-0.4, -0.2) is 55.0 Å². The molecule has 1 atom stereocenters. The Labute approximate surface area is 180 Å². The molecule has 1 unspecified atom stereocenters. The minimum Gasteiger partial charge on any atom is -0.507 e. The smallest absolute Gasteiger partial charge is 0.337 e. The number of benzene rings is 2. The van der Waals surface area contributed by atoms with Gasteiger partial charge in [-0.2, -0.15) is 0 Å². The molecule has 1 N–H and O–H groups in total. The molecule has 2 aromatic carbocycles. The van der Waals surface area contributed by atoms with Gasteiger partial charge in [-0.15, -0.1) is 0 Å². The molecule has 0 aromatic heterocycles. The Bertz CT molecular complexity index is 1050. The number of methoxy groups -OCH3 is 2. The van der Waals surface area contributed by atoms with Crippen molar-refractivity contribution in [3.05, 3.63) is 75.9 Å². The number of Topliss-reactive ketones (excluding diaryl/α,β-unsaturated/α-hetero) is 1. The Balaban J connectivity index is 2.17. The number of carbonyl (C=O) groups is 3. The molecule has 31 heavy (non-hydrogen) atoms. The predicted octanol–water partition coefficient (Wildman–Crippen LogP) is 3.16. The molecule has 0 aliphatic carbocycles. The van der Waals surface area contributed by atoms with Gasteiger partial charge >= 0.3 is 5.97 Å². The predicted molar refractivity (Wildman–Crippen MR) is 115 cm³/mol. The molecule has 3 rings (SSSR count). The number of esters is 1. The number of nitrogens with zero attached hydrogens (tertiary/aromatic N) is 1. The molecule has 0 spiro atoms. The number of rotatable bonds is 6. The molecule has 7 heteroatoms. The third-order valence-corrected chi connectivity index (χ3v) is 5.37. The maximum Gasteiger partial charge on any atom is 0.337 e. The van der Waals surface area contributed by atoms with Crippen LogP contribution in [0.15, 0.2) is 48.0 Å². The zero-order chi connectivity index (χ0) is 22.7.